The molecule has 4 heteroatoms. The molecule has 0 aliphatic rings. The number of unbranched alkanes of at least 4 members (excludes halogenated alkanes) is 28. The number of hydrogen-bond donors (Lipinski definition) is 0. The first kappa shape index (κ1) is 44.1. The van der Waals surface area contributed by atoms with Gasteiger partial charge < -0.3 is 15.0 Å². The second-order valence-corrected chi connectivity index (χ2v) is 11.7. The fourth-order valence-electron chi connectivity index (χ4n) is 5.11. The Morgan fingerprint density at radius 2 is 0.590 bits per heavy atom. The van der Waals surface area contributed by atoms with Crippen LogP contribution in [-0.4, -0.2) is 50.3 Å². The summed E-state index contributed by atoms with van der Waals surface area (Å²) in [5.74, 6) is -0.903. The van der Waals surface area contributed by atoms with Crippen LogP contribution in [0.3, 0.4) is 0 Å². The molecule has 0 saturated heterocycles. The van der Waals surface area contributed by atoms with Gasteiger partial charge in [0.05, 0.1) is 0 Å². The van der Waals surface area contributed by atoms with Crippen LogP contribution in [0.5, 0.6) is 0 Å². The van der Waals surface area contributed by atoms with Crippen LogP contribution in [0.25, 0.3) is 0 Å². The first-order valence-corrected chi connectivity index (χ1v) is 17.5. The van der Waals surface area contributed by atoms with Crippen molar-refractivity contribution in [1.29, 1.82) is 0 Å². The van der Waals surface area contributed by atoms with Crippen molar-refractivity contribution in [3.8, 4) is 0 Å². The molecule has 39 heavy (non-hydrogen) atoms. The first-order valence-electron chi connectivity index (χ1n) is 17.5. The molecule has 0 unspecified atom stereocenters. The summed E-state index contributed by atoms with van der Waals surface area (Å²) in [6.45, 7) is 4.67. The van der Waals surface area contributed by atoms with Gasteiger partial charge in [-0.25, -0.2) is 0 Å². The Hall–Kier alpha value is 0.690. The molecule has 0 heterocycles. The molecule has 0 aliphatic carbocycles. The van der Waals surface area contributed by atoms with Gasteiger partial charge in [-0.05, 0) is 12.8 Å². The van der Waals surface area contributed by atoms with Crippen molar-refractivity contribution in [1.82, 2.24) is 0 Å². The number of carbonyl (C=O) groups is 1. The van der Waals surface area contributed by atoms with Gasteiger partial charge in [-0.1, -0.05) is 200 Å². The van der Waals surface area contributed by atoms with Crippen molar-refractivity contribution in [2.24, 2.45) is 0 Å². The normalized spacial score (nSPS) is 10.6. The summed E-state index contributed by atoms with van der Waals surface area (Å²) in [6, 6.07) is 0. The first-order chi connectivity index (χ1) is 18.7. The zero-order chi connectivity index (χ0) is 28.2. The van der Waals surface area contributed by atoms with Gasteiger partial charge in [0.15, 0.2) is 0 Å². The predicted octanol–water partition coefficient (Wildman–Crippen LogP) is 9.84. The summed E-state index contributed by atoms with van der Waals surface area (Å²) in [5.41, 5.74) is 0. The molecule has 0 bridgehead atoms. The molecule has 0 saturated carbocycles. The van der Waals surface area contributed by atoms with Crippen LogP contribution in [0, 0.1) is 0 Å². The number of carboxylic acid groups (broad SMARTS) is 1. The van der Waals surface area contributed by atoms with E-state index >= 15 is 0 Å². The third-order valence-electron chi connectivity index (χ3n) is 7.73. The molecule has 0 N–H and O–H groups in total. The Kier molecular flexibility index (Phi) is 48.8. The minimum absolute atomic E-state index is 0. The molecule has 0 aromatic carbocycles. The molecule has 0 amide bonds. The fourth-order valence-corrected chi connectivity index (χ4v) is 5.11. The van der Waals surface area contributed by atoms with Gasteiger partial charge in [0.25, 0.3) is 0 Å². The molecule has 3 nitrogen and oxygen atoms in total. The van der Waals surface area contributed by atoms with Gasteiger partial charge >= 0.3 is 37.7 Å². The monoisotopic (exact) mass is 578 g/mol. The van der Waals surface area contributed by atoms with Crippen molar-refractivity contribution in [3.63, 3.8) is 0 Å². The molecule has 0 aliphatic heterocycles. The second kappa shape index (κ2) is 43.1. The minimum Gasteiger partial charge on any atom is -0.854 e. The van der Waals surface area contributed by atoms with Gasteiger partial charge in [0.2, 0.25) is 0 Å². The minimum atomic E-state index is -0.903. The quantitative estimate of drug-likeness (QED) is 0.0607. The Morgan fingerprint density at radius 3 is 0.795 bits per heavy atom. The van der Waals surface area contributed by atoms with E-state index in [1.54, 1.807) is 0 Å². The van der Waals surface area contributed by atoms with Gasteiger partial charge in [0, 0.05) is 5.97 Å². The summed E-state index contributed by atoms with van der Waals surface area (Å²) < 4.78 is 0. The summed E-state index contributed by atoms with van der Waals surface area (Å²) in [7, 11) is 0. The largest absolute Gasteiger partial charge is 2.00 e. The Balaban J connectivity index is -0.000000651. The van der Waals surface area contributed by atoms with Crippen LogP contribution >= 0.6 is 0 Å². The van der Waals surface area contributed by atoms with Gasteiger partial charge in [-0.15, -0.1) is 6.61 Å². The number of rotatable bonds is 31. The van der Waals surface area contributed by atoms with Crippen molar-refractivity contribution < 1.29 is 15.0 Å². The maximum atomic E-state index is 10.2. The molecular weight excluding hydrogens is 508 g/mol. The number of hydrogen-bond acceptors (Lipinski definition) is 3. The van der Waals surface area contributed by atoms with Crippen molar-refractivity contribution in [3.05, 3.63) is 0 Å². The SMILES string of the molecule is CCCCCCCCCCCCCCCCCC(=O)[O-].CCCCCCCCCCCCCCCCC[O-].[Ca+2]. The van der Waals surface area contributed by atoms with Crippen LogP contribution in [0.4, 0.5) is 0 Å². The van der Waals surface area contributed by atoms with E-state index in [1.165, 1.54) is 167 Å². The van der Waals surface area contributed by atoms with E-state index < -0.39 is 5.97 Å². The molecule has 0 aromatic rings. The average molecular weight is 579 g/mol. The molecule has 0 radical (unpaired) electrons. The molecule has 0 atom stereocenters. The van der Waals surface area contributed by atoms with Crippen LogP contribution in [0.15, 0.2) is 0 Å². The van der Waals surface area contributed by atoms with E-state index in [4.69, 9.17) is 0 Å². The summed E-state index contributed by atoms with van der Waals surface area (Å²) in [6.07, 6.45) is 40.2. The number of aliphatic carboxylic acids is 1. The summed E-state index contributed by atoms with van der Waals surface area (Å²) in [4.78, 5) is 10.2. The van der Waals surface area contributed by atoms with E-state index in [1.807, 2.05) is 0 Å². The van der Waals surface area contributed by atoms with Crippen LogP contribution in [0.2, 0.25) is 0 Å². The van der Waals surface area contributed by atoms with Crippen molar-refractivity contribution >= 4 is 43.7 Å². The number of carbonyl (C=O) groups excluding carboxylic acids is 1. The topological polar surface area (TPSA) is 63.2 Å². The third-order valence-corrected chi connectivity index (χ3v) is 7.73. The van der Waals surface area contributed by atoms with E-state index in [9.17, 15) is 15.0 Å². The summed E-state index contributed by atoms with van der Waals surface area (Å²) in [5, 5.41) is 20.5. The molecule has 0 rings (SSSR count). The third kappa shape index (κ3) is 48.7. The second-order valence-electron chi connectivity index (χ2n) is 11.7. The van der Waals surface area contributed by atoms with E-state index in [0.29, 0.717) is 0 Å². The molecule has 0 aromatic heterocycles. The maximum absolute atomic E-state index is 10.2. The zero-order valence-electron chi connectivity index (χ0n) is 27.1. The Labute approximate surface area is 276 Å². The number of carboxylic acids is 1. The summed E-state index contributed by atoms with van der Waals surface area (Å²) >= 11 is 0. The van der Waals surface area contributed by atoms with Gasteiger partial charge in [-0.3, -0.25) is 0 Å². The molecule has 0 spiro atoms. The van der Waals surface area contributed by atoms with E-state index in [-0.39, 0.29) is 50.8 Å². The van der Waals surface area contributed by atoms with Crippen LogP contribution in [-0.2, 0) is 4.79 Å². The van der Waals surface area contributed by atoms with Crippen molar-refractivity contribution in [2.45, 2.75) is 213 Å². The molecule has 230 valence electrons. The smallest absolute Gasteiger partial charge is 0.854 e. The maximum Gasteiger partial charge on any atom is 2.00 e. The van der Waals surface area contributed by atoms with E-state index in [0.717, 1.165) is 25.7 Å². The average Bonchev–Trinajstić information content (AvgIpc) is 2.91. The molecular formula is C35H70CaO3. The van der Waals surface area contributed by atoms with Gasteiger partial charge in [0.1, 0.15) is 0 Å². The Morgan fingerprint density at radius 1 is 0.385 bits per heavy atom. The van der Waals surface area contributed by atoms with Crippen LogP contribution in [0.1, 0.15) is 213 Å². The Bertz CT molecular complexity index is 401. The van der Waals surface area contributed by atoms with Crippen molar-refractivity contribution in [2.75, 3.05) is 6.61 Å². The standard InChI is InChI=1S/C18H36O2.C17H35O.Ca/c1-2-3-4-5-6-7-8-9-10-11-12-13-14-15-16-17-18(19)20;1-2-3-4-5-6-7-8-9-10-11-12-13-14-15-16-17-18;/h2-17H2,1H3,(H,19,20);2-17H2,1H3;/q;-1;+2/p-1. The predicted molar refractivity (Wildman–Crippen MR) is 170 cm³/mol. The van der Waals surface area contributed by atoms with Crippen LogP contribution < -0.4 is 10.2 Å². The zero-order valence-corrected chi connectivity index (χ0v) is 29.3. The fraction of sp³-hybridized carbons (Fsp3) is 0.971. The van der Waals surface area contributed by atoms with Gasteiger partial charge in [-0.2, -0.15) is 0 Å². The van der Waals surface area contributed by atoms with E-state index in [2.05, 4.69) is 13.8 Å². The molecule has 0 fully saturated rings.